The maximum Gasteiger partial charge on any atom is 0.224 e. The second-order valence-corrected chi connectivity index (χ2v) is 8.00. The lowest BCUT2D eigenvalue weighted by molar-refractivity contribution is -0.123. The van der Waals surface area contributed by atoms with Crippen molar-refractivity contribution < 1.29 is 4.79 Å². The number of aromatic nitrogens is 2. The SMILES string of the molecule is CCn1c(C(C)NC(=O)C2C(C=C(C)C)C2(C)C)nc2ccccc21. The summed E-state index contributed by atoms with van der Waals surface area (Å²) in [6, 6.07) is 8.02. The van der Waals surface area contributed by atoms with Crippen LogP contribution in [-0.2, 0) is 11.3 Å². The first-order valence-electron chi connectivity index (χ1n) is 9.18. The summed E-state index contributed by atoms with van der Waals surface area (Å²) in [5.74, 6) is 1.43. The number of nitrogens with zero attached hydrogens (tertiary/aromatic N) is 2. The highest BCUT2D eigenvalue weighted by molar-refractivity contribution is 5.84. The van der Waals surface area contributed by atoms with Gasteiger partial charge in [-0.05, 0) is 51.2 Å². The standard InChI is InChI=1S/C21H29N3O/c1-7-24-17-11-9-8-10-16(17)23-19(24)14(4)22-20(25)18-15(12-13(2)3)21(18,5)6/h8-12,14-15,18H,7H2,1-6H3,(H,22,25). The van der Waals surface area contributed by atoms with Crippen LogP contribution in [0.2, 0.25) is 0 Å². The number of fused-ring (bicyclic) bond motifs is 1. The molecule has 2 aromatic rings. The van der Waals surface area contributed by atoms with E-state index in [1.807, 2.05) is 25.1 Å². The van der Waals surface area contributed by atoms with Gasteiger partial charge < -0.3 is 9.88 Å². The third-order valence-corrected chi connectivity index (χ3v) is 5.45. The Morgan fingerprint density at radius 3 is 2.68 bits per heavy atom. The van der Waals surface area contributed by atoms with Crippen molar-refractivity contribution in [1.29, 1.82) is 0 Å². The van der Waals surface area contributed by atoms with Crippen LogP contribution in [0.25, 0.3) is 11.0 Å². The van der Waals surface area contributed by atoms with Gasteiger partial charge in [0.1, 0.15) is 5.82 Å². The summed E-state index contributed by atoms with van der Waals surface area (Å²) < 4.78 is 2.19. The van der Waals surface area contributed by atoms with E-state index in [9.17, 15) is 4.79 Å². The van der Waals surface area contributed by atoms with Crippen LogP contribution in [0.5, 0.6) is 0 Å². The molecule has 1 fully saturated rings. The minimum Gasteiger partial charge on any atom is -0.346 e. The molecule has 3 atom stereocenters. The molecule has 1 aromatic carbocycles. The first-order chi connectivity index (χ1) is 11.8. The van der Waals surface area contributed by atoms with Crippen molar-refractivity contribution in [3.8, 4) is 0 Å². The zero-order valence-electron chi connectivity index (χ0n) is 16.1. The number of aryl methyl sites for hydroxylation is 1. The normalized spacial score (nSPS) is 22.5. The van der Waals surface area contributed by atoms with Crippen molar-refractivity contribution in [2.45, 2.75) is 54.1 Å². The second-order valence-electron chi connectivity index (χ2n) is 8.00. The molecule has 0 saturated heterocycles. The average molecular weight is 339 g/mol. The predicted octanol–water partition coefficient (Wildman–Crippen LogP) is 4.47. The molecule has 25 heavy (non-hydrogen) atoms. The Balaban J connectivity index is 1.80. The number of imidazole rings is 1. The van der Waals surface area contributed by atoms with Gasteiger partial charge in [-0.3, -0.25) is 4.79 Å². The minimum absolute atomic E-state index is 0.0337. The van der Waals surface area contributed by atoms with Gasteiger partial charge in [0.25, 0.3) is 0 Å². The fourth-order valence-electron chi connectivity index (χ4n) is 3.97. The molecule has 4 nitrogen and oxygen atoms in total. The highest BCUT2D eigenvalue weighted by Crippen LogP contribution is 2.59. The first-order valence-corrected chi connectivity index (χ1v) is 9.18. The lowest BCUT2D eigenvalue weighted by Crippen LogP contribution is -2.31. The minimum atomic E-state index is -0.108. The molecule has 1 heterocycles. The molecular weight excluding hydrogens is 310 g/mol. The topological polar surface area (TPSA) is 46.9 Å². The molecule has 3 unspecified atom stereocenters. The second kappa shape index (κ2) is 6.32. The van der Waals surface area contributed by atoms with Gasteiger partial charge in [-0.1, -0.05) is 37.6 Å². The van der Waals surface area contributed by atoms with Gasteiger partial charge in [0.2, 0.25) is 5.91 Å². The van der Waals surface area contributed by atoms with Crippen molar-refractivity contribution in [2.75, 3.05) is 0 Å². The van der Waals surface area contributed by atoms with Crippen LogP contribution in [0.1, 0.15) is 53.4 Å². The first kappa shape index (κ1) is 17.7. The van der Waals surface area contributed by atoms with Crippen molar-refractivity contribution in [3.05, 3.63) is 41.7 Å². The Kier molecular flexibility index (Phi) is 4.48. The monoisotopic (exact) mass is 339 g/mol. The molecule has 0 spiro atoms. The van der Waals surface area contributed by atoms with Crippen LogP contribution in [-0.4, -0.2) is 15.5 Å². The third-order valence-electron chi connectivity index (χ3n) is 5.45. The third kappa shape index (κ3) is 3.10. The van der Waals surface area contributed by atoms with Crippen LogP contribution in [0.4, 0.5) is 0 Å². The Labute approximate surface area is 150 Å². The fraction of sp³-hybridized carbons (Fsp3) is 0.524. The summed E-state index contributed by atoms with van der Waals surface area (Å²) >= 11 is 0. The number of carbonyl (C=O) groups excluding carboxylic acids is 1. The highest BCUT2D eigenvalue weighted by atomic mass is 16.2. The molecule has 1 aliphatic rings. The van der Waals surface area contributed by atoms with Crippen molar-refractivity contribution >= 4 is 16.9 Å². The van der Waals surface area contributed by atoms with Crippen LogP contribution in [0, 0.1) is 17.3 Å². The Morgan fingerprint density at radius 2 is 2.04 bits per heavy atom. The molecule has 1 aliphatic carbocycles. The van der Waals surface area contributed by atoms with E-state index in [1.54, 1.807) is 0 Å². The van der Waals surface area contributed by atoms with Crippen LogP contribution in [0.15, 0.2) is 35.9 Å². The largest absolute Gasteiger partial charge is 0.346 e. The molecule has 1 saturated carbocycles. The van der Waals surface area contributed by atoms with Gasteiger partial charge >= 0.3 is 0 Å². The molecule has 1 N–H and O–H groups in total. The van der Waals surface area contributed by atoms with E-state index >= 15 is 0 Å². The molecule has 0 aliphatic heterocycles. The number of para-hydroxylation sites is 2. The van der Waals surface area contributed by atoms with Gasteiger partial charge in [0.15, 0.2) is 0 Å². The molecule has 1 aromatic heterocycles. The number of allylic oxidation sites excluding steroid dienone is 2. The Morgan fingerprint density at radius 1 is 1.36 bits per heavy atom. The summed E-state index contributed by atoms with van der Waals surface area (Å²) in [6.07, 6.45) is 2.23. The lowest BCUT2D eigenvalue weighted by atomic mass is 10.1. The highest BCUT2D eigenvalue weighted by Gasteiger charge is 2.60. The van der Waals surface area contributed by atoms with E-state index in [-0.39, 0.29) is 23.3 Å². The maximum absolute atomic E-state index is 12.8. The summed E-state index contributed by atoms with van der Waals surface area (Å²) in [7, 11) is 0. The molecule has 4 heteroatoms. The smallest absolute Gasteiger partial charge is 0.224 e. The predicted molar refractivity (Wildman–Crippen MR) is 102 cm³/mol. The van der Waals surface area contributed by atoms with Gasteiger partial charge in [0.05, 0.1) is 23.0 Å². The van der Waals surface area contributed by atoms with Crippen LogP contribution in [0.3, 0.4) is 0 Å². The summed E-state index contributed by atoms with van der Waals surface area (Å²) in [6.45, 7) is 13.5. The van der Waals surface area contributed by atoms with Crippen LogP contribution >= 0.6 is 0 Å². The van der Waals surface area contributed by atoms with Gasteiger partial charge in [0, 0.05) is 6.54 Å². The molecule has 0 radical (unpaired) electrons. The number of hydrogen-bond donors (Lipinski definition) is 1. The zero-order valence-corrected chi connectivity index (χ0v) is 16.1. The summed E-state index contributed by atoms with van der Waals surface area (Å²) in [5, 5.41) is 3.20. The van der Waals surface area contributed by atoms with Gasteiger partial charge in [-0.2, -0.15) is 0 Å². The van der Waals surface area contributed by atoms with E-state index in [4.69, 9.17) is 4.98 Å². The number of benzene rings is 1. The average Bonchev–Trinajstić information content (AvgIpc) is 2.92. The van der Waals surface area contributed by atoms with E-state index in [1.165, 1.54) is 5.57 Å². The van der Waals surface area contributed by atoms with Crippen LogP contribution < -0.4 is 5.32 Å². The number of hydrogen-bond acceptors (Lipinski definition) is 2. The lowest BCUT2D eigenvalue weighted by Gasteiger charge is -2.16. The van der Waals surface area contributed by atoms with Gasteiger partial charge in [-0.25, -0.2) is 4.98 Å². The molecular formula is C21H29N3O. The number of carbonyl (C=O) groups is 1. The number of rotatable bonds is 5. The fourth-order valence-corrected chi connectivity index (χ4v) is 3.97. The summed E-state index contributed by atoms with van der Waals surface area (Å²) in [5.41, 5.74) is 3.41. The molecule has 3 rings (SSSR count). The van der Waals surface area contributed by atoms with Crippen molar-refractivity contribution in [1.82, 2.24) is 14.9 Å². The quantitative estimate of drug-likeness (QED) is 0.817. The Hall–Kier alpha value is -2.10. The molecule has 134 valence electrons. The van der Waals surface area contributed by atoms with E-state index in [2.05, 4.69) is 56.6 Å². The van der Waals surface area contributed by atoms with Crippen molar-refractivity contribution in [2.24, 2.45) is 17.3 Å². The summed E-state index contributed by atoms with van der Waals surface area (Å²) in [4.78, 5) is 17.6. The molecule has 0 bridgehead atoms. The molecule has 1 amide bonds. The van der Waals surface area contributed by atoms with E-state index in [0.29, 0.717) is 5.92 Å². The zero-order chi connectivity index (χ0) is 18.4. The number of nitrogens with one attached hydrogen (secondary N) is 1. The van der Waals surface area contributed by atoms with Gasteiger partial charge in [-0.15, -0.1) is 0 Å². The van der Waals surface area contributed by atoms with E-state index in [0.717, 1.165) is 23.4 Å². The van der Waals surface area contributed by atoms with E-state index < -0.39 is 0 Å². The maximum atomic E-state index is 12.8. The Bertz CT molecular complexity index is 827. The number of amides is 1. The van der Waals surface area contributed by atoms with Crippen molar-refractivity contribution in [3.63, 3.8) is 0 Å².